The SMILES string of the molecule is CCCCCC(NC)c1ccco1. The van der Waals surface area contributed by atoms with Crippen LogP contribution in [0, 0.1) is 0 Å². The number of hydrogen-bond acceptors (Lipinski definition) is 2. The number of unbranched alkanes of at least 4 members (excludes halogenated alkanes) is 2. The lowest BCUT2D eigenvalue weighted by atomic mass is 10.1. The van der Waals surface area contributed by atoms with Gasteiger partial charge in [0, 0.05) is 0 Å². The Kier molecular flexibility index (Phi) is 4.61. The molecule has 1 N–H and O–H groups in total. The zero-order chi connectivity index (χ0) is 9.52. The Labute approximate surface area is 80.3 Å². The van der Waals surface area contributed by atoms with Crippen LogP contribution < -0.4 is 5.32 Å². The summed E-state index contributed by atoms with van der Waals surface area (Å²) in [5.74, 6) is 1.05. The third-order valence-electron chi connectivity index (χ3n) is 2.33. The monoisotopic (exact) mass is 181 g/mol. The van der Waals surface area contributed by atoms with Crippen molar-refractivity contribution >= 4 is 0 Å². The molecule has 0 aliphatic carbocycles. The maximum atomic E-state index is 5.35. The second kappa shape index (κ2) is 5.81. The van der Waals surface area contributed by atoms with Gasteiger partial charge < -0.3 is 9.73 Å². The highest BCUT2D eigenvalue weighted by atomic mass is 16.3. The molecule has 1 rings (SSSR count). The summed E-state index contributed by atoms with van der Waals surface area (Å²) in [7, 11) is 1.99. The second-order valence-corrected chi connectivity index (χ2v) is 3.35. The molecule has 1 heterocycles. The lowest BCUT2D eigenvalue weighted by molar-refractivity contribution is 0.404. The normalized spacial score (nSPS) is 13.1. The largest absolute Gasteiger partial charge is 0.468 e. The van der Waals surface area contributed by atoms with Crippen molar-refractivity contribution in [3.8, 4) is 0 Å². The maximum absolute atomic E-state index is 5.35. The molecule has 0 radical (unpaired) electrons. The summed E-state index contributed by atoms with van der Waals surface area (Å²) in [5, 5.41) is 3.27. The first-order chi connectivity index (χ1) is 6.38. The number of furan rings is 1. The maximum Gasteiger partial charge on any atom is 0.120 e. The fourth-order valence-corrected chi connectivity index (χ4v) is 1.52. The molecule has 0 aromatic carbocycles. The van der Waals surface area contributed by atoms with Crippen LogP contribution in [0.25, 0.3) is 0 Å². The molecule has 1 aromatic rings. The molecule has 0 bridgehead atoms. The minimum absolute atomic E-state index is 0.390. The molecule has 2 nitrogen and oxygen atoms in total. The average Bonchev–Trinajstić information content (AvgIpc) is 2.65. The predicted octanol–water partition coefficient (Wildman–Crippen LogP) is 3.12. The second-order valence-electron chi connectivity index (χ2n) is 3.35. The lowest BCUT2D eigenvalue weighted by Gasteiger charge is -2.12. The van der Waals surface area contributed by atoms with Gasteiger partial charge in [0.25, 0.3) is 0 Å². The third-order valence-corrected chi connectivity index (χ3v) is 2.33. The molecule has 0 spiro atoms. The van der Waals surface area contributed by atoms with Crippen LogP contribution >= 0.6 is 0 Å². The van der Waals surface area contributed by atoms with Gasteiger partial charge >= 0.3 is 0 Å². The topological polar surface area (TPSA) is 25.2 Å². The molecule has 1 unspecified atom stereocenters. The van der Waals surface area contributed by atoms with E-state index in [1.54, 1.807) is 6.26 Å². The van der Waals surface area contributed by atoms with E-state index in [2.05, 4.69) is 12.2 Å². The molecule has 2 heteroatoms. The Morgan fingerprint density at radius 1 is 1.46 bits per heavy atom. The number of nitrogens with one attached hydrogen (secondary N) is 1. The van der Waals surface area contributed by atoms with Crippen molar-refractivity contribution in [2.45, 2.75) is 38.6 Å². The fraction of sp³-hybridized carbons (Fsp3) is 0.636. The molecular formula is C11H19NO. The summed E-state index contributed by atoms with van der Waals surface area (Å²) in [5.41, 5.74) is 0. The van der Waals surface area contributed by atoms with Crippen molar-refractivity contribution in [1.82, 2.24) is 5.32 Å². The Morgan fingerprint density at radius 3 is 2.85 bits per heavy atom. The predicted molar refractivity (Wildman–Crippen MR) is 54.7 cm³/mol. The molecule has 0 aliphatic heterocycles. The molecular weight excluding hydrogens is 162 g/mol. The smallest absolute Gasteiger partial charge is 0.120 e. The molecule has 0 amide bonds. The first kappa shape index (κ1) is 10.3. The Hall–Kier alpha value is -0.760. The van der Waals surface area contributed by atoms with Crippen molar-refractivity contribution in [3.63, 3.8) is 0 Å². The Bertz CT molecular complexity index is 206. The first-order valence-corrected chi connectivity index (χ1v) is 5.09. The van der Waals surface area contributed by atoms with Gasteiger partial charge in [-0.2, -0.15) is 0 Å². The van der Waals surface area contributed by atoms with Gasteiger partial charge in [0.15, 0.2) is 0 Å². The van der Waals surface area contributed by atoms with E-state index in [-0.39, 0.29) is 0 Å². The summed E-state index contributed by atoms with van der Waals surface area (Å²) in [6.07, 6.45) is 6.74. The van der Waals surface area contributed by atoms with Crippen molar-refractivity contribution in [3.05, 3.63) is 24.2 Å². The average molecular weight is 181 g/mol. The van der Waals surface area contributed by atoms with Crippen LogP contribution in [-0.2, 0) is 0 Å². The van der Waals surface area contributed by atoms with Crippen molar-refractivity contribution in [2.24, 2.45) is 0 Å². The van der Waals surface area contributed by atoms with E-state index < -0.39 is 0 Å². The molecule has 13 heavy (non-hydrogen) atoms. The van der Waals surface area contributed by atoms with Crippen LogP contribution in [-0.4, -0.2) is 7.05 Å². The van der Waals surface area contributed by atoms with Gasteiger partial charge in [-0.25, -0.2) is 0 Å². The van der Waals surface area contributed by atoms with Crippen LogP contribution in [0.4, 0.5) is 0 Å². The van der Waals surface area contributed by atoms with Crippen molar-refractivity contribution in [2.75, 3.05) is 7.05 Å². The van der Waals surface area contributed by atoms with Crippen molar-refractivity contribution < 1.29 is 4.42 Å². The van der Waals surface area contributed by atoms with Gasteiger partial charge in [0.05, 0.1) is 12.3 Å². The van der Waals surface area contributed by atoms with E-state index in [9.17, 15) is 0 Å². The van der Waals surface area contributed by atoms with Gasteiger partial charge in [-0.1, -0.05) is 26.2 Å². The standard InChI is InChI=1S/C11H19NO/c1-3-4-5-7-10(12-2)11-8-6-9-13-11/h6,8-10,12H,3-5,7H2,1-2H3. The quantitative estimate of drug-likeness (QED) is 0.682. The van der Waals surface area contributed by atoms with Gasteiger partial charge in [-0.15, -0.1) is 0 Å². The Morgan fingerprint density at radius 2 is 2.31 bits per heavy atom. The molecule has 0 saturated carbocycles. The lowest BCUT2D eigenvalue weighted by Crippen LogP contribution is -2.15. The third kappa shape index (κ3) is 3.23. The van der Waals surface area contributed by atoms with Crippen LogP contribution in [0.2, 0.25) is 0 Å². The number of rotatable bonds is 6. The van der Waals surface area contributed by atoms with Gasteiger partial charge in [0.1, 0.15) is 5.76 Å². The van der Waals surface area contributed by atoms with Crippen LogP contribution in [0.3, 0.4) is 0 Å². The molecule has 0 saturated heterocycles. The molecule has 1 aromatic heterocycles. The van der Waals surface area contributed by atoms with E-state index in [0.717, 1.165) is 12.2 Å². The highest BCUT2D eigenvalue weighted by Gasteiger charge is 2.10. The Balaban J connectivity index is 2.35. The summed E-state index contributed by atoms with van der Waals surface area (Å²) in [6.45, 7) is 2.22. The van der Waals surface area contributed by atoms with E-state index in [0.29, 0.717) is 6.04 Å². The van der Waals surface area contributed by atoms with Crippen LogP contribution in [0.5, 0.6) is 0 Å². The van der Waals surface area contributed by atoms with Gasteiger partial charge in [-0.05, 0) is 25.6 Å². The molecule has 0 fully saturated rings. The van der Waals surface area contributed by atoms with Crippen LogP contribution in [0.15, 0.2) is 22.8 Å². The zero-order valence-electron chi connectivity index (χ0n) is 8.55. The number of hydrogen-bond donors (Lipinski definition) is 1. The fourth-order valence-electron chi connectivity index (χ4n) is 1.52. The highest BCUT2D eigenvalue weighted by molar-refractivity contribution is 5.03. The van der Waals surface area contributed by atoms with E-state index in [1.165, 1.54) is 19.3 Å². The van der Waals surface area contributed by atoms with Gasteiger partial charge in [-0.3, -0.25) is 0 Å². The van der Waals surface area contributed by atoms with E-state index in [1.807, 2.05) is 19.2 Å². The summed E-state index contributed by atoms with van der Waals surface area (Å²) in [6, 6.07) is 4.37. The minimum Gasteiger partial charge on any atom is -0.468 e. The molecule has 1 atom stereocenters. The molecule has 0 aliphatic rings. The highest BCUT2D eigenvalue weighted by Crippen LogP contribution is 2.19. The summed E-state index contributed by atoms with van der Waals surface area (Å²) in [4.78, 5) is 0. The van der Waals surface area contributed by atoms with Gasteiger partial charge in [0.2, 0.25) is 0 Å². The van der Waals surface area contributed by atoms with E-state index in [4.69, 9.17) is 4.42 Å². The minimum atomic E-state index is 0.390. The van der Waals surface area contributed by atoms with Crippen molar-refractivity contribution in [1.29, 1.82) is 0 Å². The van der Waals surface area contributed by atoms with E-state index >= 15 is 0 Å². The first-order valence-electron chi connectivity index (χ1n) is 5.09. The van der Waals surface area contributed by atoms with Crippen LogP contribution in [0.1, 0.15) is 44.4 Å². The summed E-state index contributed by atoms with van der Waals surface area (Å²) < 4.78 is 5.35. The zero-order valence-corrected chi connectivity index (χ0v) is 8.55. The molecule has 74 valence electrons. The summed E-state index contributed by atoms with van der Waals surface area (Å²) >= 11 is 0.